The molecule has 1 aliphatic heterocycles. The number of Topliss-reactive ketones (excluding diaryl/α,β-unsaturated/α-hetero) is 1. The molecular weight excluding hydrogens is 407 g/mol. The number of carbonyl (C=O) groups excluding carboxylic acids is 2. The lowest BCUT2D eigenvalue weighted by Gasteiger charge is -2.34. The molecule has 0 saturated carbocycles. The monoisotopic (exact) mass is 424 g/mol. The van der Waals surface area contributed by atoms with Crippen LogP contribution >= 0.6 is 11.6 Å². The van der Waals surface area contributed by atoms with Crippen molar-refractivity contribution in [2.75, 3.05) is 26.2 Å². The van der Waals surface area contributed by atoms with E-state index in [0.717, 1.165) is 12.1 Å². The molecule has 28 heavy (non-hydrogen) atoms. The highest BCUT2D eigenvalue weighted by molar-refractivity contribution is 7.89. The van der Waals surface area contributed by atoms with E-state index in [1.807, 2.05) is 0 Å². The van der Waals surface area contributed by atoms with E-state index in [1.54, 1.807) is 0 Å². The molecule has 1 fully saturated rings. The largest absolute Gasteiger partial charge is 0.336 e. The molecule has 1 aliphatic rings. The second kappa shape index (κ2) is 7.98. The zero-order valence-corrected chi connectivity index (χ0v) is 16.6. The van der Waals surface area contributed by atoms with Gasteiger partial charge in [0.2, 0.25) is 10.0 Å². The minimum atomic E-state index is -3.72. The van der Waals surface area contributed by atoms with Gasteiger partial charge in [-0.2, -0.15) is 4.31 Å². The summed E-state index contributed by atoms with van der Waals surface area (Å²) < 4.78 is 40.0. The summed E-state index contributed by atoms with van der Waals surface area (Å²) in [6, 6.07) is 9.31. The number of piperazine rings is 1. The predicted molar refractivity (Wildman–Crippen MR) is 103 cm³/mol. The Kier molecular flexibility index (Phi) is 5.83. The first kappa shape index (κ1) is 20.4. The fourth-order valence-electron chi connectivity index (χ4n) is 2.98. The second-order valence-electron chi connectivity index (χ2n) is 6.40. The summed E-state index contributed by atoms with van der Waals surface area (Å²) in [6.07, 6.45) is 0. The highest BCUT2D eigenvalue weighted by Crippen LogP contribution is 2.22. The Morgan fingerprint density at radius 3 is 2.14 bits per heavy atom. The number of hydrogen-bond acceptors (Lipinski definition) is 4. The molecular formula is C19H18ClFN2O4S. The molecule has 9 heteroatoms. The molecule has 0 bridgehead atoms. The van der Waals surface area contributed by atoms with E-state index >= 15 is 0 Å². The molecule has 2 aromatic rings. The Balaban J connectivity index is 1.70. The SMILES string of the molecule is CC(=O)c1ccc(S(=O)(=O)N2CCN(C(=O)c3ccc(F)cc3Cl)CC2)cc1. The van der Waals surface area contributed by atoms with Crippen molar-refractivity contribution in [1.82, 2.24) is 9.21 Å². The Labute approximate surface area is 167 Å². The van der Waals surface area contributed by atoms with Crippen LogP contribution in [-0.4, -0.2) is 55.5 Å². The van der Waals surface area contributed by atoms with Crippen LogP contribution in [0.5, 0.6) is 0 Å². The van der Waals surface area contributed by atoms with E-state index in [2.05, 4.69) is 0 Å². The van der Waals surface area contributed by atoms with Crippen molar-refractivity contribution in [3.63, 3.8) is 0 Å². The van der Waals surface area contributed by atoms with E-state index in [9.17, 15) is 22.4 Å². The molecule has 1 heterocycles. The third-order valence-corrected chi connectivity index (χ3v) is 6.81. The van der Waals surface area contributed by atoms with Crippen LogP contribution in [0.2, 0.25) is 5.02 Å². The first-order valence-corrected chi connectivity index (χ1v) is 10.4. The number of sulfonamides is 1. The van der Waals surface area contributed by atoms with Crippen molar-refractivity contribution in [1.29, 1.82) is 0 Å². The third kappa shape index (κ3) is 4.09. The first-order valence-electron chi connectivity index (χ1n) is 8.55. The summed E-state index contributed by atoms with van der Waals surface area (Å²) in [4.78, 5) is 25.5. The van der Waals surface area contributed by atoms with Gasteiger partial charge in [-0.3, -0.25) is 9.59 Å². The molecule has 148 valence electrons. The summed E-state index contributed by atoms with van der Waals surface area (Å²) in [5, 5.41) is 0.0191. The van der Waals surface area contributed by atoms with Crippen molar-refractivity contribution in [3.05, 3.63) is 64.4 Å². The van der Waals surface area contributed by atoms with E-state index < -0.39 is 15.8 Å². The number of amides is 1. The highest BCUT2D eigenvalue weighted by Gasteiger charge is 2.31. The molecule has 0 aliphatic carbocycles. The number of rotatable bonds is 4. The number of benzene rings is 2. The van der Waals surface area contributed by atoms with Crippen LogP contribution in [0.4, 0.5) is 4.39 Å². The maximum Gasteiger partial charge on any atom is 0.255 e. The first-order chi connectivity index (χ1) is 13.2. The summed E-state index contributed by atoms with van der Waals surface area (Å²) in [5.41, 5.74) is 0.615. The van der Waals surface area contributed by atoms with Crippen LogP contribution in [-0.2, 0) is 10.0 Å². The standard InChI is InChI=1S/C19H18ClFN2O4S/c1-13(24)14-2-5-16(6-3-14)28(26,27)23-10-8-22(9-11-23)19(25)17-7-4-15(21)12-18(17)20/h2-7,12H,8-11H2,1H3. The molecule has 0 radical (unpaired) electrons. The van der Waals surface area contributed by atoms with Gasteiger partial charge in [-0.05, 0) is 37.3 Å². The van der Waals surface area contributed by atoms with Gasteiger partial charge < -0.3 is 4.90 Å². The Morgan fingerprint density at radius 1 is 1.00 bits per heavy atom. The summed E-state index contributed by atoms with van der Waals surface area (Å²) in [6.45, 7) is 2.05. The minimum absolute atomic E-state index is 0.0191. The zero-order chi connectivity index (χ0) is 20.5. The Morgan fingerprint density at radius 2 is 1.61 bits per heavy atom. The van der Waals surface area contributed by atoms with Crippen LogP contribution in [0.3, 0.4) is 0 Å². The number of halogens is 2. The fourth-order valence-corrected chi connectivity index (χ4v) is 4.65. The van der Waals surface area contributed by atoms with Gasteiger partial charge in [0.1, 0.15) is 5.82 Å². The zero-order valence-electron chi connectivity index (χ0n) is 15.1. The summed E-state index contributed by atoms with van der Waals surface area (Å²) in [7, 11) is -3.72. The van der Waals surface area contributed by atoms with Gasteiger partial charge in [-0.1, -0.05) is 23.7 Å². The molecule has 2 aromatic carbocycles. The number of ketones is 1. The fraction of sp³-hybridized carbons (Fsp3) is 0.263. The highest BCUT2D eigenvalue weighted by atomic mass is 35.5. The molecule has 0 unspecified atom stereocenters. The van der Waals surface area contributed by atoms with Gasteiger partial charge >= 0.3 is 0 Å². The van der Waals surface area contributed by atoms with Crippen LogP contribution in [0, 0.1) is 5.82 Å². The van der Waals surface area contributed by atoms with Gasteiger partial charge in [-0.25, -0.2) is 12.8 Å². The van der Waals surface area contributed by atoms with E-state index in [4.69, 9.17) is 11.6 Å². The van der Waals surface area contributed by atoms with Gasteiger partial charge in [-0.15, -0.1) is 0 Å². The molecule has 6 nitrogen and oxygen atoms in total. The van der Waals surface area contributed by atoms with Crippen molar-refractivity contribution in [2.45, 2.75) is 11.8 Å². The van der Waals surface area contributed by atoms with E-state index in [0.29, 0.717) is 5.56 Å². The van der Waals surface area contributed by atoms with Crippen LogP contribution < -0.4 is 0 Å². The van der Waals surface area contributed by atoms with Gasteiger partial charge in [0.05, 0.1) is 15.5 Å². The van der Waals surface area contributed by atoms with Crippen molar-refractivity contribution >= 4 is 33.3 Å². The lowest BCUT2D eigenvalue weighted by Crippen LogP contribution is -2.50. The predicted octanol–water partition coefficient (Wildman–Crippen LogP) is 2.83. The lowest BCUT2D eigenvalue weighted by atomic mass is 10.2. The number of hydrogen-bond donors (Lipinski definition) is 0. The quantitative estimate of drug-likeness (QED) is 0.707. The maximum absolute atomic E-state index is 13.2. The lowest BCUT2D eigenvalue weighted by molar-refractivity contribution is 0.0698. The molecule has 0 aromatic heterocycles. The average molecular weight is 425 g/mol. The third-order valence-electron chi connectivity index (χ3n) is 4.59. The molecule has 0 atom stereocenters. The second-order valence-corrected chi connectivity index (χ2v) is 8.75. The molecule has 0 spiro atoms. The maximum atomic E-state index is 13.2. The molecule has 3 rings (SSSR count). The molecule has 0 N–H and O–H groups in total. The van der Waals surface area contributed by atoms with Crippen molar-refractivity contribution in [2.24, 2.45) is 0 Å². The van der Waals surface area contributed by atoms with E-state index in [1.165, 1.54) is 46.5 Å². The Bertz CT molecular complexity index is 1020. The van der Waals surface area contributed by atoms with Crippen LogP contribution in [0.25, 0.3) is 0 Å². The average Bonchev–Trinajstić information content (AvgIpc) is 2.67. The topological polar surface area (TPSA) is 74.8 Å². The van der Waals surface area contributed by atoms with Crippen molar-refractivity contribution < 1.29 is 22.4 Å². The van der Waals surface area contributed by atoms with Crippen molar-refractivity contribution in [3.8, 4) is 0 Å². The number of carbonyl (C=O) groups is 2. The van der Waals surface area contributed by atoms with Crippen LogP contribution in [0.15, 0.2) is 47.4 Å². The normalized spacial score (nSPS) is 15.5. The number of nitrogens with zero attached hydrogens (tertiary/aromatic N) is 2. The summed E-state index contributed by atoms with van der Waals surface area (Å²) in [5.74, 6) is -1.04. The molecule has 1 saturated heterocycles. The summed E-state index contributed by atoms with van der Waals surface area (Å²) >= 11 is 5.94. The van der Waals surface area contributed by atoms with Gasteiger partial charge in [0, 0.05) is 31.7 Å². The molecule has 1 amide bonds. The van der Waals surface area contributed by atoms with E-state index in [-0.39, 0.29) is 53.4 Å². The van der Waals surface area contributed by atoms with Gasteiger partial charge in [0.25, 0.3) is 5.91 Å². The van der Waals surface area contributed by atoms with Gasteiger partial charge in [0.15, 0.2) is 5.78 Å². The smallest absolute Gasteiger partial charge is 0.255 e. The minimum Gasteiger partial charge on any atom is -0.336 e. The Hall–Kier alpha value is -2.29. The van der Waals surface area contributed by atoms with Crippen LogP contribution in [0.1, 0.15) is 27.6 Å².